The Morgan fingerprint density at radius 2 is 1.88 bits per heavy atom. The SMILES string of the molecule is CCCC(=O)O[C@H]1C[C@]23C(OC(C)=O)O[C@@H]4OC(=O)[C@H](CCC2[C@@]2(C)CCCC(C)(C)C12)C43. The molecule has 2 heterocycles. The van der Waals surface area contributed by atoms with Gasteiger partial charge < -0.3 is 18.9 Å². The molecule has 184 valence electrons. The van der Waals surface area contributed by atoms with Crippen molar-refractivity contribution in [3.05, 3.63) is 0 Å². The Bertz CT molecular complexity index is 852. The molecule has 7 nitrogen and oxygen atoms in total. The van der Waals surface area contributed by atoms with E-state index in [4.69, 9.17) is 18.9 Å². The molecule has 0 aromatic rings. The summed E-state index contributed by atoms with van der Waals surface area (Å²) in [5.41, 5.74) is -0.702. The van der Waals surface area contributed by atoms with Crippen molar-refractivity contribution in [1.29, 1.82) is 0 Å². The predicted octanol–water partition coefficient (Wildman–Crippen LogP) is 4.37. The summed E-state index contributed by atoms with van der Waals surface area (Å²) in [6.07, 6.45) is 4.73. The lowest BCUT2D eigenvalue weighted by Crippen LogP contribution is -2.67. The molecule has 1 spiro atoms. The van der Waals surface area contributed by atoms with Crippen LogP contribution in [0.5, 0.6) is 0 Å². The van der Waals surface area contributed by atoms with Crippen LogP contribution in [0.25, 0.3) is 0 Å². The largest absolute Gasteiger partial charge is 0.462 e. The van der Waals surface area contributed by atoms with Crippen molar-refractivity contribution in [3.8, 4) is 0 Å². The zero-order chi connectivity index (χ0) is 23.8. The smallest absolute Gasteiger partial charge is 0.311 e. The number of hydrogen-bond donors (Lipinski definition) is 0. The van der Waals surface area contributed by atoms with Gasteiger partial charge in [0.05, 0.1) is 5.92 Å². The normalized spacial score (nSPS) is 47.1. The van der Waals surface area contributed by atoms with Crippen molar-refractivity contribution in [2.45, 2.75) is 105 Å². The molecule has 3 saturated carbocycles. The van der Waals surface area contributed by atoms with Crippen LogP contribution in [0, 0.1) is 39.9 Å². The van der Waals surface area contributed by atoms with Gasteiger partial charge in [0, 0.05) is 30.6 Å². The molecular formula is C26H38O7. The van der Waals surface area contributed by atoms with Crippen LogP contribution >= 0.6 is 0 Å². The van der Waals surface area contributed by atoms with E-state index >= 15 is 0 Å². The molecule has 0 amide bonds. The van der Waals surface area contributed by atoms with Crippen molar-refractivity contribution in [2.24, 2.45) is 39.9 Å². The summed E-state index contributed by atoms with van der Waals surface area (Å²) in [5.74, 6) is -0.828. The average molecular weight is 463 g/mol. The van der Waals surface area contributed by atoms with Gasteiger partial charge >= 0.3 is 17.9 Å². The number of hydrogen-bond acceptors (Lipinski definition) is 7. The second-order valence-corrected chi connectivity index (χ2v) is 12.1. The molecule has 4 unspecified atom stereocenters. The molecule has 5 rings (SSSR count). The summed E-state index contributed by atoms with van der Waals surface area (Å²) in [6.45, 7) is 10.3. The molecule has 0 aromatic heterocycles. The van der Waals surface area contributed by atoms with Gasteiger partial charge in [-0.05, 0) is 55.3 Å². The molecule has 2 aliphatic heterocycles. The van der Waals surface area contributed by atoms with Crippen LogP contribution in [0.4, 0.5) is 0 Å². The predicted molar refractivity (Wildman–Crippen MR) is 117 cm³/mol. The minimum absolute atomic E-state index is 0.0143. The average Bonchev–Trinajstić information content (AvgIpc) is 3.17. The molecule has 5 fully saturated rings. The third-order valence-electron chi connectivity index (χ3n) is 9.82. The van der Waals surface area contributed by atoms with E-state index in [-0.39, 0.29) is 52.5 Å². The van der Waals surface area contributed by atoms with E-state index < -0.39 is 24.0 Å². The van der Waals surface area contributed by atoms with Gasteiger partial charge in [-0.3, -0.25) is 14.4 Å². The van der Waals surface area contributed by atoms with Crippen LogP contribution in [0.1, 0.15) is 86.0 Å². The minimum Gasteiger partial charge on any atom is -0.462 e. The zero-order valence-electron chi connectivity index (χ0n) is 20.6. The fourth-order valence-electron chi connectivity index (χ4n) is 9.13. The van der Waals surface area contributed by atoms with Gasteiger partial charge in [-0.1, -0.05) is 34.1 Å². The van der Waals surface area contributed by atoms with Crippen LogP contribution in [-0.4, -0.2) is 36.6 Å². The van der Waals surface area contributed by atoms with E-state index in [2.05, 4.69) is 20.8 Å². The number of esters is 3. The van der Waals surface area contributed by atoms with Crippen LogP contribution < -0.4 is 0 Å². The molecule has 5 aliphatic rings. The van der Waals surface area contributed by atoms with E-state index in [1.54, 1.807) is 0 Å². The van der Waals surface area contributed by atoms with Gasteiger partial charge in [0.15, 0.2) is 0 Å². The lowest BCUT2D eigenvalue weighted by Gasteiger charge is -2.67. The minimum atomic E-state index is -0.791. The highest BCUT2D eigenvalue weighted by Gasteiger charge is 2.77. The summed E-state index contributed by atoms with van der Waals surface area (Å²) < 4.78 is 23.9. The second kappa shape index (κ2) is 7.69. The highest BCUT2D eigenvalue weighted by atomic mass is 16.8. The first-order chi connectivity index (χ1) is 15.5. The van der Waals surface area contributed by atoms with E-state index in [0.29, 0.717) is 12.8 Å². The fourth-order valence-corrected chi connectivity index (χ4v) is 9.13. The molecule has 9 atom stereocenters. The van der Waals surface area contributed by atoms with Crippen LogP contribution in [-0.2, 0) is 33.3 Å². The first-order valence-electron chi connectivity index (χ1n) is 12.8. The Kier molecular flexibility index (Phi) is 5.39. The fraction of sp³-hybridized carbons (Fsp3) is 0.885. The molecular weight excluding hydrogens is 424 g/mol. The quantitative estimate of drug-likeness (QED) is 0.453. The van der Waals surface area contributed by atoms with Gasteiger partial charge in [0.25, 0.3) is 0 Å². The van der Waals surface area contributed by atoms with Crippen LogP contribution in [0.2, 0.25) is 0 Å². The van der Waals surface area contributed by atoms with E-state index in [0.717, 1.165) is 38.5 Å². The lowest BCUT2D eigenvalue weighted by atomic mass is 9.38. The highest BCUT2D eigenvalue weighted by Crippen LogP contribution is 2.74. The van der Waals surface area contributed by atoms with Crippen molar-refractivity contribution in [3.63, 3.8) is 0 Å². The van der Waals surface area contributed by atoms with Crippen molar-refractivity contribution in [1.82, 2.24) is 0 Å². The summed E-state index contributed by atoms with van der Waals surface area (Å²) in [4.78, 5) is 37.6. The Labute approximate surface area is 196 Å². The van der Waals surface area contributed by atoms with E-state index in [1.165, 1.54) is 6.92 Å². The molecule has 33 heavy (non-hydrogen) atoms. The third kappa shape index (κ3) is 3.20. The van der Waals surface area contributed by atoms with Gasteiger partial charge in [0.2, 0.25) is 12.6 Å². The van der Waals surface area contributed by atoms with Crippen molar-refractivity contribution >= 4 is 17.9 Å². The van der Waals surface area contributed by atoms with Gasteiger partial charge in [-0.2, -0.15) is 0 Å². The lowest BCUT2D eigenvalue weighted by molar-refractivity contribution is -0.273. The Morgan fingerprint density at radius 1 is 1.12 bits per heavy atom. The monoisotopic (exact) mass is 462 g/mol. The van der Waals surface area contributed by atoms with Gasteiger partial charge in [0.1, 0.15) is 6.10 Å². The molecule has 7 heteroatoms. The summed E-state index contributed by atoms with van der Waals surface area (Å²) in [6, 6.07) is 0. The highest BCUT2D eigenvalue weighted by molar-refractivity contribution is 5.76. The molecule has 3 aliphatic carbocycles. The topological polar surface area (TPSA) is 88.1 Å². The van der Waals surface area contributed by atoms with Gasteiger partial charge in [-0.25, -0.2) is 0 Å². The molecule has 0 aromatic carbocycles. The van der Waals surface area contributed by atoms with Gasteiger partial charge in [-0.15, -0.1) is 0 Å². The molecule has 0 bridgehead atoms. The van der Waals surface area contributed by atoms with Crippen LogP contribution in [0.3, 0.4) is 0 Å². The van der Waals surface area contributed by atoms with Crippen molar-refractivity contribution < 1.29 is 33.3 Å². The second-order valence-electron chi connectivity index (χ2n) is 12.1. The maximum Gasteiger partial charge on any atom is 0.311 e. The zero-order valence-corrected chi connectivity index (χ0v) is 20.6. The first-order valence-corrected chi connectivity index (χ1v) is 12.8. The number of ether oxygens (including phenoxy) is 4. The van der Waals surface area contributed by atoms with Crippen LogP contribution in [0.15, 0.2) is 0 Å². The maximum absolute atomic E-state index is 12.8. The number of carbonyl (C=O) groups is 3. The molecule has 0 N–H and O–H groups in total. The number of fused-ring (bicyclic) bond motifs is 2. The Balaban J connectivity index is 1.64. The standard InChI is InChI=1S/C26H38O7/c1-6-8-18(28)31-16-13-26-17(25(5)12-7-11-24(3,4)20(16)25)10-9-15-19(26)22(32-21(15)29)33-23(26)30-14(2)27/h15-17,19-20,22-23H,6-13H2,1-5H3/t15-,16+,17?,19?,20?,22+,23?,25-,26+/m1/s1. The summed E-state index contributed by atoms with van der Waals surface area (Å²) >= 11 is 0. The first kappa shape index (κ1) is 23.1. The Hall–Kier alpha value is -1.63. The summed E-state index contributed by atoms with van der Waals surface area (Å²) in [5, 5.41) is 0. The Morgan fingerprint density at radius 3 is 2.58 bits per heavy atom. The van der Waals surface area contributed by atoms with E-state index in [9.17, 15) is 14.4 Å². The third-order valence-corrected chi connectivity index (χ3v) is 9.82. The number of carbonyl (C=O) groups excluding carboxylic acids is 3. The summed E-state index contributed by atoms with van der Waals surface area (Å²) in [7, 11) is 0. The van der Waals surface area contributed by atoms with E-state index in [1.807, 2.05) is 6.92 Å². The molecule has 0 radical (unpaired) electrons. The van der Waals surface area contributed by atoms with Crippen molar-refractivity contribution in [2.75, 3.05) is 0 Å². The molecule has 2 saturated heterocycles. The maximum atomic E-state index is 12.8. The number of rotatable bonds is 4.